The van der Waals surface area contributed by atoms with Gasteiger partial charge in [0.05, 0.1) is 18.9 Å². The topological polar surface area (TPSA) is 54.3 Å². The van der Waals surface area contributed by atoms with E-state index in [1.165, 1.54) is 11.1 Å². The van der Waals surface area contributed by atoms with Crippen LogP contribution in [0.2, 0.25) is 0 Å². The minimum atomic E-state index is -0.510. The summed E-state index contributed by atoms with van der Waals surface area (Å²) in [5, 5.41) is 14.2. The molecule has 0 aromatic heterocycles. The van der Waals surface area contributed by atoms with Crippen LogP contribution >= 0.6 is 0 Å². The molecule has 1 atom stereocenters. The van der Waals surface area contributed by atoms with Gasteiger partial charge in [-0.15, -0.1) is 0 Å². The van der Waals surface area contributed by atoms with Gasteiger partial charge in [-0.3, -0.25) is 4.90 Å². The first-order valence-electron chi connectivity index (χ1n) is 7.58. The molecule has 1 heterocycles. The van der Waals surface area contributed by atoms with Crippen molar-refractivity contribution in [1.82, 2.24) is 4.90 Å². The van der Waals surface area contributed by atoms with Gasteiger partial charge >= 0.3 is 0 Å². The lowest BCUT2D eigenvalue weighted by Gasteiger charge is -2.28. The Morgan fingerprint density at radius 3 is 2.90 bits per heavy atom. The number of aliphatic hydroxyl groups is 1. The molecule has 1 aromatic rings. The number of nitrogens with zero attached hydrogens (tertiary/aromatic N) is 2. The second-order valence-corrected chi connectivity index (χ2v) is 5.56. The molecular weight excluding hydrogens is 268 g/mol. The molecule has 0 saturated carbocycles. The van der Waals surface area contributed by atoms with Crippen LogP contribution in [0.5, 0.6) is 0 Å². The van der Waals surface area contributed by atoms with Crippen LogP contribution in [0.4, 0.5) is 0 Å². The normalized spacial score (nSPS) is 22.2. The molecule has 1 aliphatic carbocycles. The van der Waals surface area contributed by atoms with E-state index in [0.717, 1.165) is 44.9 Å². The molecular formula is C16H22N2O3. The number of hydrogen-bond donors (Lipinski definition) is 1. The SMILES string of the molecule is O[C@@H](CO/N=C1\CCc2ccccc21)CN1CCOCC1. The van der Waals surface area contributed by atoms with E-state index in [1.807, 2.05) is 6.07 Å². The summed E-state index contributed by atoms with van der Waals surface area (Å²) in [5.41, 5.74) is 3.50. The molecule has 1 aromatic carbocycles. The number of oxime groups is 1. The summed E-state index contributed by atoms with van der Waals surface area (Å²) in [5.74, 6) is 0. The highest BCUT2D eigenvalue weighted by Crippen LogP contribution is 2.22. The minimum Gasteiger partial charge on any atom is -0.393 e. The van der Waals surface area contributed by atoms with Gasteiger partial charge in [-0.1, -0.05) is 29.4 Å². The van der Waals surface area contributed by atoms with Crippen LogP contribution in [0.3, 0.4) is 0 Å². The molecule has 5 nitrogen and oxygen atoms in total. The van der Waals surface area contributed by atoms with Gasteiger partial charge in [-0.25, -0.2) is 0 Å². The first kappa shape index (κ1) is 14.5. The van der Waals surface area contributed by atoms with Gasteiger partial charge < -0.3 is 14.7 Å². The molecule has 114 valence electrons. The molecule has 0 spiro atoms. The molecule has 5 heteroatoms. The highest BCUT2D eigenvalue weighted by molar-refractivity contribution is 6.04. The second-order valence-electron chi connectivity index (χ2n) is 5.56. The Bertz CT molecular complexity index is 498. The van der Waals surface area contributed by atoms with Gasteiger partial charge in [-0.05, 0) is 18.4 Å². The number of fused-ring (bicyclic) bond motifs is 1. The van der Waals surface area contributed by atoms with Crippen LogP contribution in [0, 0.1) is 0 Å². The molecule has 0 amide bonds. The van der Waals surface area contributed by atoms with E-state index in [2.05, 4.69) is 28.3 Å². The number of hydrogen-bond acceptors (Lipinski definition) is 5. The average Bonchev–Trinajstić information content (AvgIpc) is 2.92. The standard InChI is InChI=1S/C16H22N2O3/c19-14(11-18-7-9-20-10-8-18)12-21-17-16-6-5-13-3-1-2-4-15(13)16/h1-4,14,19H,5-12H2/b17-16+/t14-/m1/s1. The minimum absolute atomic E-state index is 0.239. The maximum absolute atomic E-state index is 9.99. The van der Waals surface area contributed by atoms with E-state index in [9.17, 15) is 5.11 Å². The Balaban J connectivity index is 1.46. The average molecular weight is 290 g/mol. The number of ether oxygens (including phenoxy) is 1. The summed E-state index contributed by atoms with van der Waals surface area (Å²) in [6.45, 7) is 4.09. The van der Waals surface area contributed by atoms with E-state index in [0.29, 0.717) is 6.54 Å². The molecule has 1 N–H and O–H groups in total. The van der Waals surface area contributed by atoms with Crippen LogP contribution < -0.4 is 0 Å². The Labute approximate surface area is 125 Å². The third kappa shape index (κ3) is 3.81. The van der Waals surface area contributed by atoms with E-state index in [4.69, 9.17) is 9.57 Å². The third-order valence-electron chi connectivity index (χ3n) is 3.97. The molecule has 3 rings (SSSR count). The Hall–Kier alpha value is -1.43. The second kappa shape index (κ2) is 7.02. The highest BCUT2D eigenvalue weighted by atomic mass is 16.6. The zero-order chi connectivity index (χ0) is 14.5. The van der Waals surface area contributed by atoms with E-state index < -0.39 is 6.10 Å². The number of rotatable bonds is 5. The third-order valence-corrected chi connectivity index (χ3v) is 3.97. The molecule has 1 aliphatic heterocycles. The Kier molecular flexibility index (Phi) is 4.85. The zero-order valence-corrected chi connectivity index (χ0v) is 12.2. The fourth-order valence-electron chi connectivity index (χ4n) is 2.84. The van der Waals surface area contributed by atoms with Crippen LogP contribution in [-0.4, -0.2) is 61.3 Å². The number of aliphatic hydroxyl groups excluding tert-OH is 1. The summed E-state index contributed by atoms with van der Waals surface area (Å²) in [4.78, 5) is 7.55. The lowest BCUT2D eigenvalue weighted by atomic mass is 10.1. The fraction of sp³-hybridized carbons (Fsp3) is 0.562. The maximum Gasteiger partial charge on any atom is 0.144 e. The van der Waals surface area contributed by atoms with Gasteiger partial charge in [0.2, 0.25) is 0 Å². The lowest BCUT2D eigenvalue weighted by molar-refractivity contribution is -0.0131. The van der Waals surface area contributed by atoms with Crippen molar-refractivity contribution in [3.8, 4) is 0 Å². The number of β-amino-alcohol motifs (C(OH)–C–C–N with tert-alkyl or cyclic N) is 1. The van der Waals surface area contributed by atoms with Crippen molar-refractivity contribution in [2.24, 2.45) is 5.16 Å². The van der Waals surface area contributed by atoms with Crippen LogP contribution in [-0.2, 0) is 16.0 Å². The number of morpholine rings is 1. The summed E-state index contributed by atoms with van der Waals surface area (Å²) in [6.07, 6.45) is 1.43. The van der Waals surface area contributed by atoms with Gasteiger partial charge in [0, 0.05) is 25.2 Å². The lowest BCUT2D eigenvalue weighted by Crippen LogP contribution is -2.42. The molecule has 2 aliphatic rings. The van der Waals surface area contributed by atoms with Crippen molar-refractivity contribution in [3.05, 3.63) is 35.4 Å². The number of benzene rings is 1. The molecule has 0 unspecified atom stereocenters. The van der Waals surface area contributed by atoms with Gasteiger partial charge in [0.25, 0.3) is 0 Å². The van der Waals surface area contributed by atoms with Crippen molar-refractivity contribution in [1.29, 1.82) is 0 Å². The van der Waals surface area contributed by atoms with Gasteiger partial charge in [-0.2, -0.15) is 0 Å². The predicted octanol–water partition coefficient (Wildman–Crippen LogP) is 1.05. The zero-order valence-electron chi connectivity index (χ0n) is 12.2. The fourth-order valence-corrected chi connectivity index (χ4v) is 2.84. The first-order valence-corrected chi connectivity index (χ1v) is 7.58. The van der Waals surface area contributed by atoms with Crippen molar-refractivity contribution >= 4 is 5.71 Å². The molecule has 21 heavy (non-hydrogen) atoms. The van der Waals surface area contributed by atoms with Crippen molar-refractivity contribution in [2.75, 3.05) is 39.5 Å². The van der Waals surface area contributed by atoms with E-state index >= 15 is 0 Å². The van der Waals surface area contributed by atoms with E-state index in [-0.39, 0.29) is 6.61 Å². The van der Waals surface area contributed by atoms with Gasteiger partial charge in [0.1, 0.15) is 12.7 Å². The van der Waals surface area contributed by atoms with E-state index in [1.54, 1.807) is 0 Å². The maximum atomic E-state index is 9.99. The summed E-state index contributed by atoms with van der Waals surface area (Å²) < 4.78 is 5.29. The predicted molar refractivity (Wildman–Crippen MR) is 80.5 cm³/mol. The molecule has 1 saturated heterocycles. The Morgan fingerprint density at radius 1 is 1.24 bits per heavy atom. The summed E-state index contributed by atoms with van der Waals surface area (Å²) in [7, 11) is 0. The van der Waals surface area contributed by atoms with Crippen molar-refractivity contribution < 1.29 is 14.7 Å². The van der Waals surface area contributed by atoms with Crippen LogP contribution in [0.25, 0.3) is 0 Å². The summed E-state index contributed by atoms with van der Waals surface area (Å²) >= 11 is 0. The smallest absolute Gasteiger partial charge is 0.144 e. The monoisotopic (exact) mass is 290 g/mol. The molecule has 0 radical (unpaired) electrons. The van der Waals surface area contributed by atoms with Gasteiger partial charge in [0.15, 0.2) is 0 Å². The first-order chi connectivity index (χ1) is 10.3. The van der Waals surface area contributed by atoms with Crippen LogP contribution in [0.15, 0.2) is 29.4 Å². The van der Waals surface area contributed by atoms with Crippen molar-refractivity contribution in [3.63, 3.8) is 0 Å². The molecule has 0 bridgehead atoms. The quantitative estimate of drug-likeness (QED) is 0.824. The van der Waals surface area contributed by atoms with Crippen LogP contribution in [0.1, 0.15) is 17.5 Å². The van der Waals surface area contributed by atoms with Crippen molar-refractivity contribution in [2.45, 2.75) is 18.9 Å². The number of aryl methyl sites for hydroxylation is 1. The summed E-state index contributed by atoms with van der Waals surface area (Å²) in [6, 6.07) is 8.28. The highest BCUT2D eigenvalue weighted by Gasteiger charge is 2.18. The largest absolute Gasteiger partial charge is 0.393 e. The molecule has 1 fully saturated rings. The Morgan fingerprint density at radius 2 is 2.05 bits per heavy atom.